The van der Waals surface area contributed by atoms with Crippen molar-refractivity contribution in [2.75, 3.05) is 13.1 Å². The van der Waals surface area contributed by atoms with Gasteiger partial charge in [-0.2, -0.15) is 5.26 Å². The van der Waals surface area contributed by atoms with Gasteiger partial charge in [-0.3, -0.25) is 0 Å². The molecule has 2 heteroatoms. The van der Waals surface area contributed by atoms with Crippen LogP contribution in [0.2, 0.25) is 0 Å². The first kappa shape index (κ1) is 9.23. The third kappa shape index (κ3) is 2.12. The molecule has 14 heavy (non-hydrogen) atoms. The third-order valence-corrected chi connectivity index (χ3v) is 2.77. The molecular formula is C12H14N2. The van der Waals surface area contributed by atoms with Gasteiger partial charge in [-0.05, 0) is 49.5 Å². The highest BCUT2D eigenvalue weighted by molar-refractivity contribution is 5.31. The summed E-state index contributed by atoms with van der Waals surface area (Å²) in [5.41, 5.74) is 2.09. The van der Waals surface area contributed by atoms with Crippen LogP contribution in [-0.2, 0) is 6.42 Å². The van der Waals surface area contributed by atoms with Crippen LogP contribution in [0.3, 0.4) is 0 Å². The molecule has 2 nitrogen and oxygen atoms in total. The number of rotatable bonds is 2. The zero-order valence-corrected chi connectivity index (χ0v) is 8.16. The molecule has 2 rings (SSSR count). The predicted octanol–water partition coefficient (Wildman–Crippen LogP) is 1.71. The van der Waals surface area contributed by atoms with Gasteiger partial charge in [0.15, 0.2) is 0 Å². The Hall–Kier alpha value is -1.33. The average molecular weight is 186 g/mol. The van der Waals surface area contributed by atoms with Crippen LogP contribution >= 0.6 is 0 Å². The van der Waals surface area contributed by atoms with Gasteiger partial charge in [0.2, 0.25) is 0 Å². The Morgan fingerprint density at radius 2 is 2.14 bits per heavy atom. The Balaban J connectivity index is 1.99. The van der Waals surface area contributed by atoms with E-state index in [2.05, 4.69) is 23.5 Å². The van der Waals surface area contributed by atoms with E-state index in [1.165, 1.54) is 12.0 Å². The minimum atomic E-state index is 0.748. The Labute approximate surface area is 84.6 Å². The summed E-state index contributed by atoms with van der Waals surface area (Å²) in [5.74, 6) is 0.780. The lowest BCUT2D eigenvalue weighted by molar-refractivity contribution is 0.580. The molecule has 0 spiro atoms. The second-order valence-corrected chi connectivity index (χ2v) is 3.87. The maximum Gasteiger partial charge on any atom is 0.0991 e. The van der Waals surface area contributed by atoms with E-state index in [1.54, 1.807) is 0 Å². The Morgan fingerprint density at radius 3 is 2.71 bits per heavy atom. The number of hydrogen-bond donors (Lipinski definition) is 1. The van der Waals surface area contributed by atoms with E-state index in [0.717, 1.165) is 31.0 Å². The lowest BCUT2D eigenvalue weighted by atomic mass is 9.98. The van der Waals surface area contributed by atoms with Crippen molar-refractivity contribution in [2.24, 2.45) is 5.92 Å². The van der Waals surface area contributed by atoms with Gasteiger partial charge in [0.1, 0.15) is 0 Å². The zero-order chi connectivity index (χ0) is 9.80. The molecule has 0 radical (unpaired) electrons. The van der Waals surface area contributed by atoms with Gasteiger partial charge in [0, 0.05) is 0 Å². The highest BCUT2D eigenvalue weighted by atomic mass is 14.9. The second-order valence-electron chi connectivity index (χ2n) is 3.87. The largest absolute Gasteiger partial charge is 0.316 e. The van der Waals surface area contributed by atoms with Crippen LogP contribution in [0.25, 0.3) is 0 Å². The summed E-state index contributed by atoms with van der Waals surface area (Å²) in [6.07, 6.45) is 2.42. The van der Waals surface area contributed by atoms with Crippen molar-refractivity contribution < 1.29 is 0 Å². The Bertz CT molecular complexity index is 328. The van der Waals surface area contributed by atoms with Gasteiger partial charge in [-0.1, -0.05) is 12.1 Å². The number of nitrogens with one attached hydrogen (secondary N) is 1. The molecule has 0 saturated carbocycles. The van der Waals surface area contributed by atoms with Crippen molar-refractivity contribution in [2.45, 2.75) is 12.8 Å². The first-order valence-corrected chi connectivity index (χ1v) is 5.08. The first-order chi connectivity index (χ1) is 6.88. The highest BCUT2D eigenvalue weighted by Gasteiger charge is 2.14. The average Bonchev–Trinajstić information content (AvgIpc) is 2.72. The summed E-state index contributed by atoms with van der Waals surface area (Å²) in [4.78, 5) is 0. The summed E-state index contributed by atoms with van der Waals surface area (Å²) in [7, 11) is 0. The Morgan fingerprint density at radius 1 is 1.36 bits per heavy atom. The standard InChI is InChI=1S/C12H14N2/c13-8-11-3-1-10(2-4-11)7-12-5-6-14-9-12/h1-4,12,14H,5-7,9H2. The van der Waals surface area contributed by atoms with E-state index in [4.69, 9.17) is 5.26 Å². The fourth-order valence-electron chi connectivity index (χ4n) is 1.94. The minimum Gasteiger partial charge on any atom is -0.316 e. The molecule has 0 aromatic heterocycles. The van der Waals surface area contributed by atoms with Crippen LogP contribution < -0.4 is 5.32 Å². The summed E-state index contributed by atoms with van der Waals surface area (Å²) in [6, 6.07) is 10.1. The van der Waals surface area contributed by atoms with Gasteiger partial charge in [0.05, 0.1) is 11.6 Å². The number of nitriles is 1. The van der Waals surface area contributed by atoms with Crippen molar-refractivity contribution in [3.63, 3.8) is 0 Å². The van der Waals surface area contributed by atoms with Crippen LogP contribution in [0.1, 0.15) is 17.5 Å². The first-order valence-electron chi connectivity index (χ1n) is 5.08. The molecule has 0 amide bonds. The van der Waals surface area contributed by atoms with E-state index >= 15 is 0 Å². The monoisotopic (exact) mass is 186 g/mol. The van der Waals surface area contributed by atoms with Gasteiger partial charge >= 0.3 is 0 Å². The summed E-state index contributed by atoms with van der Waals surface area (Å²) < 4.78 is 0. The fraction of sp³-hybridized carbons (Fsp3) is 0.417. The molecule has 1 aliphatic heterocycles. The van der Waals surface area contributed by atoms with Crippen LogP contribution in [0, 0.1) is 17.2 Å². The molecule has 1 N–H and O–H groups in total. The van der Waals surface area contributed by atoms with E-state index in [9.17, 15) is 0 Å². The lowest BCUT2D eigenvalue weighted by Gasteiger charge is -2.07. The van der Waals surface area contributed by atoms with Crippen LogP contribution in [-0.4, -0.2) is 13.1 Å². The summed E-state index contributed by atoms with van der Waals surface area (Å²) >= 11 is 0. The molecule has 0 bridgehead atoms. The van der Waals surface area contributed by atoms with E-state index in [-0.39, 0.29) is 0 Å². The van der Waals surface area contributed by atoms with Crippen LogP contribution in [0.5, 0.6) is 0 Å². The van der Waals surface area contributed by atoms with Crippen molar-refractivity contribution in [1.82, 2.24) is 5.32 Å². The third-order valence-electron chi connectivity index (χ3n) is 2.77. The van der Waals surface area contributed by atoms with E-state index in [0.29, 0.717) is 0 Å². The quantitative estimate of drug-likeness (QED) is 0.763. The van der Waals surface area contributed by atoms with Crippen molar-refractivity contribution in [3.05, 3.63) is 35.4 Å². The molecular weight excluding hydrogens is 172 g/mol. The predicted molar refractivity (Wildman–Crippen MR) is 55.8 cm³/mol. The zero-order valence-electron chi connectivity index (χ0n) is 8.16. The van der Waals surface area contributed by atoms with Crippen molar-refractivity contribution in [3.8, 4) is 6.07 Å². The van der Waals surface area contributed by atoms with Gasteiger partial charge < -0.3 is 5.32 Å². The molecule has 1 heterocycles. The molecule has 0 aliphatic carbocycles. The van der Waals surface area contributed by atoms with Crippen LogP contribution in [0.15, 0.2) is 24.3 Å². The topological polar surface area (TPSA) is 35.8 Å². The normalized spacial score (nSPS) is 20.6. The van der Waals surface area contributed by atoms with E-state index in [1.807, 2.05) is 12.1 Å². The van der Waals surface area contributed by atoms with Crippen molar-refractivity contribution in [1.29, 1.82) is 5.26 Å². The summed E-state index contributed by atoms with van der Waals surface area (Å²) in [5, 5.41) is 12.0. The van der Waals surface area contributed by atoms with Gasteiger partial charge in [-0.25, -0.2) is 0 Å². The molecule has 1 saturated heterocycles. The smallest absolute Gasteiger partial charge is 0.0991 e. The van der Waals surface area contributed by atoms with Gasteiger partial charge in [0.25, 0.3) is 0 Å². The maximum absolute atomic E-state index is 8.65. The molecule has 1 aromatic carbocycles. The molecule has 72 valence electrons. The lowest BCUT2D eigenvalue weighted by Crippen LogP contribution is -2.10. The molecule has 1 aliphatic rings. The molecule has 1 fully saturated rings. The SMILES string of the molecule is N#Cc1ccc(CC2CCNC2)cc1. The van der Waals surface area contributed by atoms with Gasteiger partial charge in [-0.15, -0.1) is 0 Å². The Kier molecular flexibility index (Phi) is 2.81. The summed E-state index contributed by atoms with van der Waals surface area (Å²) in [6.45, 7) is 2.29. The highest BCUT2D eigenvalue weighted by Crippen LogP contribution is 2.15. The van der Waals surface area contributed by atoms with E-state index < -0.39 is 0 Å². The second kappa shape index (κ2) is 4.26. The number of benzene rings is 1. The number of hydrogen-bond acceptors (Lipinski definition) is 2. The molecule has 1 atom stereocenters. The fourth-order valence-corrected chi connectivity index (χ4v) is 1.94. The van der Waals surface area contributed by atoms with Crippen molar-refractivity contribution >= 4 is 0 Å². The molecule has 1 aromatic rings. The maximum atomic E-state index is 8.65. The minimum absolute atomic E-state index is 0.748. The number of nitrogens with zero attached hydrogens (tertiary/aromatic N) is 1. The van der Waals surface area contributed by atoms with Crippen LogP contribution in [0.4, 0.5) is 0 Å². The molecule has 1 unspecified atom stereocenters.